The molecule has 5 aromatic rings. The summed E-state index contributed by atoms with van der Waals surface area (Å²) >= 11 is 0. The number of rotatable bonds is 12. The summed E-state index contributed by atoms with van der Waals surface area (Å²) in [6, 6.07) is 40.8. The molecule has 0 unspecified atom stereocenters. The molecular weight excluding hydrogens is 526 g/mol. The molecule has 3 heteroatoms. The molecule has 5 aromatic carbocycles. The molecule has 0 spiro atoms. The smallest absolute Gasteiger partial charge is 0.128 e. The van der Waals surface area contributed by atoms with Gasteiger partial charge in [0, 0.05) is 11.4 Å². The van der Waals surface area contributed by atoms with Gasteiger partial charge in [-0.3, -0.25) is 0 Å². The van der Waals surface area contributed by atoms with E-state index in [2.05, 4.69) is 91.3 Å². The Hall–Kier alpha value is -5.54. The van der Waals surface area contributed by atoms with Crippen molar-refractivity contribution in [2.45, 2.75) is 6.92 Å². The molecule has 0 bridgehead atoms. The zero-order valence-electron chi connectivity index (χ0n) is 24.4. The lowest BCUT2D eigenvalue weighted by molar-refractivity contribution is 0.363. The number of benzene rings is 5. The fourth-order valence-corrected chi connectivity index (χ4v) is 4.60. The molecule has 0 aliphatic rings. The summed E-state index contributed by atoms with van der Waals surface area (Å²) in [5, 5.41) is 3.51. The number of hydrogen-bond acceptors (Lipinski definition) is 3. The second-order valence-corrected chi connectivity index (χ2v) is 9.93. The van der Waals surface area contributed by atoms with E-state index in [1.54, 1.807) is 0 Å². The normalized spacial score (nSPS) is 11.2. The SMILES string of the molecule is C=Cc1ccc(OC/C=C(\C=C/C)c2ccc(Nc3ccc(-c4cccc(Oc5ccc(C=C)cc5)c4)cc3)cc2)cc1. The van der Waals surface area contributed by atoms with Gasteiger partial charge in [-0.1, -0.05) is 98.1 Å². The number of ether oxygens (including phenoxy) is 2. The van der Waals surface area contributed by atoms with Crippen molar-refractivity contribution >= 4 is 29.1 Å². The van der Waals surface area contributed by atoms with Crippen LogP contribution in [0.15, 0.2) is 153 Å². The number of anilines is 2. The molecule has 0 heterocycles. The summed E-state index contributed by atoms with van der Waals surface area (Å²) < 4.78 is 12.0. The lowest BCUT2D eigenvalue weighted by Gasteiger charge is -2.11. The zero-order valence-corrected chi connectivity index (χ0v) is 24.4. The molecule has 0 radical (unpaired) electrons. The first kappa shape index (κ1) is 29.0. The van der Waals surface area contributed by atoms with Gasteiger partial charge in [0.1, 0.15) is 23.9 Å². The van der Waals surface area contributed by atoms with Gasteiger partial charge < -0.3 is 14.8 Å². The summed E-state index contributed by atoms with van der Waals surface area (Å²) in [5.41, 5.74) is 8.63. The Morgan fingerprint density at radius 2 is 1.26 bits per heavy atom. The lowest BCUT2D eigenvalue weighted by Crippen LogP contribution is -1.95. The molecule has 43 heavy (non-hydrogen) atoms. The van der Waals surface area contributed by atoms with E-state index in [9.17, 15) is 0 Å². The van der Waals surface area contributed by atoms with E-state index >= 15 is 0 Å². The van der Waals surface area contributed by atoms with Gasteiger partial charge >= 0.3 is 0 Å². The van der Waals surface area contributed by atoms with Crippen molar-refractivity contribution in [2.75, 3.05) is 11.9 Å². The van der Waals surface area contributed by atoms with Crippen LogP contribution in [0.25, 0.3) is 28.9 Å². The molecule has 0 aromatic heterocycles. The summed E-state index contributed by atoms with van der Waals surface area (Å²) in [6.07, 6.45) is 9.88. The van der Waals surface area contributed by atoms with E-state index in [4.69, 9.17) is 9.47 Å². The molecule has 3 nitrogen and oxygen atoms in total. The van der Waals surface area contributed by atoms with E-state index in [-0.39, 0.29) is 0 Å². The predicted octanol–water partition coefficient (Wildman–Crippen LogP) is 11.2. The van der Waals surface area contributed by atoms with Crippen molar-refractivity contribution in [3.05, 3.63) is 169 Å². The van der Waals surface area contributed by atoms with Gasteiger partial charge in [-0.15, -0.1) is 0 Å². The summed E-state index contributed by atoms with van der Waals surface area (Å²) in [5.74, 6) is 2.43. The van der Waals surface area contributed by atoms with Crippen molar-refractivity contribution in [1.82, 2.24) is 0 Å². The van der Waals surface area contributed by atoms with Gasteiger partial charge in [0.2, 0.25) is 0 Å². The van der Waals surface area contributed by atoms with Crippen LogP contribution in [-0.4, -0.2) is 6.61 Å². The first-order valence-corrected chi connectivity index (χ1v) is 14.3. The Morgan fingerprint density at radius 1 is 0.651 bits per heavy atom. The van der Waals surface area contributed by atoms with Gasteiger partial charge in [-0.2, -0.15) is 0 Å². The zero-order chi connectivity index (χ0) is 29.9. The van der Waals surface area contributed by atoms with Crippen molar-refractivity contribution in [3.8, 4) is 28.4 Å². The van der Waals surface area contributed by atoms with E-state index in [1.807, 2.05) is 85.8 Å². The van der Waals surface area contributed by atoms with Crippen molar-refractivity contribution in [3.63, 3.8) is 0 Å². The fraction of sp³-hybridized carbons (Fsp3) is 0.0500. The van der Waals surface area contributed by atoms with Gasteiger partial charge in [0.15, 0.2) is 0 Å². The van der Waals surface area contributed by atoms with Gasteiger partial charge in [-0.05, 0) is 107 Å². The second kappa shape index (κ2) is 14.4. The minimum absolute atomic E-state index is 0.483. The largest absolute Gasteiger partial charge is 0.490 e. The van der Waals surface area contributed by atoms with E-state index in [0.29, 0.717) is 6.61 Å². The Bertz CT molecular complexity index is 1710. The average molecular weight is 562 g/mol. The van der Waals surface area contributed by atoms with Crippen LogP contribution in [0.2, 0.25) is 0 Å². The molecule has 0 aliphatic heterocycles. The first-order valence-electron chi connectivity index (χ1n) is 14.3. The summed E-state index contributed by atoms with van der Waals surface area (Å²) in [6.45, 7) is 10.1. The van der Waals surface area contributed by atoms with Crippen LogP contribution in [0.1, 0.15) is 23.6 Å². The van der Waals surface area contributed by atoms with Crippen molar-refractivity contribution in [2.24, 2.45) is 0 Å². The Balaban J connectivity index is 1.20. The second-order valence-electron chi connectivity index (χ2n) is 9.93. The monoisotopic (exact) mass is 561 g/mol. The Kier molecular flexibility index (Phi) is 9.69. The third-order valence-corrected chi connectivity index (χ3v) is 6.93. The molecule has 5 rings (SSSR count). The quantitative estimate of drug-likeness (QED) is 0.154. The van der Waals surface area contributed by atoms with Crippen molar-refractivity contribution in [1.29, 1.82) is 0 Å². The van der Waals surface area contributed by atoms with Gasteiger partial charge in [0.05, 0.1) is 0 Å². The van der Waals surface area contributed by atoms with Crippen LogP contribution in [0, 0.1) is 0 Å². The highest BCUT2D eigenvalue weighted by Gasteiger charge is 2.04. The average Bonchev–Trinajstić information content (AvgIpc) is 3.06. The molecule has 0 fully saturated rings. The Morgan fingerprint density at radius 3 is 1.86 bits per heavy atom. The molecule has 0 amide bonds. The van der Waals surface area contributed by atoms with Crippen molar-refractivity contribution < 1.29 is 9.47 Å². The highest BCUT2D eigenvalue weighted by molar-refractivity contribution is 5.76. The molecule has 0 saturated heterocycles. The van der Waals surface area contributed by atoms with Crippen LogP contribution < -0.4 is 14.8 Å². The standard InChI is InChI=1S/C40H35NO2/c1-4-8-32(27-28-42-38-23-11-30(5-2)12-24-38)33-15-19-36(20-16-33)41-37-21-17-34(18-22-37)35-9-7-10-40(29-35)43-39-25-13-31(6-3)14-26-39/h4-27,29,41H,2-3,28H2,1H3/b8-4-,32-27+. The Labute approximate surface area is 254 Å². The summed E-state index contributed by atoms with van der Waals surface area (Å²) in [7, 11) is 0. The van der Waals surface area contributed by atoms with Crippen LogP contribution in [0.4, 0.5) is 11.4 Å². The first-order chi connectivity index (χ1) is 21.1. The minimum atomic E-state index is 0.483. The molecule has 1 N–H and O–H groups in total. The number of allylic oxidation sites excluding steroid dienone is 3. The number of nitrogens with one attached hydrogen (secondary N) is 1. The van der Waals surface area contributed by atoms with E-state index in [1.165, 1.54) is 0 Å². The van der Waals surface area contributed by atoms with E-state index < -0.39 is 0 Å². The minimum Gasteiger partial charge on any atom is -0.490 e. The maximum Gasteiger partial charge on any atom is 0.128 e. The summed E-state index contributed by atoms with van der Waals surface area (Å²) in [4.78, 5) is 0. The molecule has 0 saturated carbocycles. The lowest BCUT2D eigenvalue weighted by atomic mass is 10.0. The highest BCUT2D eigenvalue weighted by Crippen LogP contribution is 2.29. The fourth-order valence-electron chi connectivity index (χ4n) is 4.60. The topological polar surface area (TPSA) is 30.5 Å². The maximum absolute atomic E-state index is 6.07. The highest BCUT2D eigenvalue weighted by atomic mass is 16.5. The third-order valence-electron chi connectivity index (χ3n) is 6.93. The number of hydrogen-bond donors (Lipinski definition) is 1. The van der Waals surface area contributed by atoms with Crippen LogP contribution >= 0.6 is 0 Å². The van der Waals surface area contributed by atoms with Crippen LogP contribution in [0.3, 0.4) is 0 Å². The molecular formula is C40H35NO2. The van der Waals surface area contributed by atoms with E-state index in [0.717, 1.165) is 62.0 Å². The maximum atomic E-state index is 6.07. The molecule has 0 aliphatic carbocycles. The molecule has 212 valence electrons. The predicted molar refractivity (Wildman–Crippen MR) is 183 cm³/mol. The van der Waals surface area contributed by atoms with Crippen LogP contribution in [-0.2, 0) is 0 Å². The molecule has 0 atom stereocenters. The third kappa shape index (κ3) is 8.02. The van der Waals surface area contributed by atoms with Crippen LogP contribution in [0.5, 0.6) is 17.2 Å². The van der Waals surface area contributed by atoms with Gasteiger partial charge in [0.25, 0.3) is 0 Å². The van der Waals surface area contributed by atoms with Gasteiger partial charge in [-0.25, -0.2) is 0 Å².